The number of carbonyl (C=O) groups excluding carboxylic acids is 2. The van der Waals surface area contributed by atoms with Crippen LogP contribution >= 0.6 is 0 Å². The first-order valence-electron chi connectivity index (χ1n) is 19.8. The predicted octanol–water partition coefficient (Wildman–Crippen LogP) is 4.43. The maximum absolute atomic E-state index is 15.2. The van der Waals surface area contributed by atoms with Crippen LogP contribution in [0, 0.1) is 11.3 Å². The Bertz CT molecular complexity index is 2060. The van der Waals surface area contributed by atoms with E-state index in [0.29, 0.717) is 50.0 Å². The Kier molecular flexibility index (Phi) is 8.15. The Morgan fingerprint density at radius 2 is 1.78 bits per heavy atom. The molecular weight excluding hydrogens is 684 g/mol. The van der Waals surface area contributed by atoms with Crippen LogP contribution in [-0.4, -0.2) is 114 Å². The number of carbonyl (C=O) groups is 2. The summed E-state index contributed by atoms with van der Waals surface area (Å²) in [5.74, 6) is -0.553. The number of hydrogen-bond acceptors (Lipinski definition) is 10. The lowest BCUT2D eigenvalue weighted by Crippen LogP contribution is -2.73. The number of anilines is 1. The van der Waals surface area contributed by atoms with Crippen molar-refractivity contribution < 1.29 is 34.0 Å². The van der Waals surface area contributed by atoms with Crippen molar-refractivity contribution >= 4 is 28.5 Å². The summed E-state index contributed by atoms with van der Waals surface area (Å²) in [7, 11) is 4.44. The molecule has 288 valence electrons. The van der Waals surface area contributed by atoms with E-state index in [2.05, 4.69) is 57.4 Å². The number of aromatic nitrogens is 1. The monoisotopic (exact) mass is 738 g/mol. The summed E-state index contributed by atoms with van der Waals surface area (Å²) in [5.41, 5.74) is 0.0457. The number of esters is 2. The second-order valence-electron chi connectivity index (χ2n) is 17.2. The largest absolute Gasteiger partial charge is 0.496 e. The third-order valence-corrected chi connectivity index (χ3v) is 14.8. The molecule has 1 aliphatic carbocycles. The summed E-state index contributed by atoms with van der Waals surface area (Å²) in [6, 6.07) is 11.7. The molecule has 3 fully saturated rings. The van der Waals surface area contributed by atoms with Crippen molar-refractivity contribution in [3.63, 3.8) is 0 Å². The highest BCUT2D eigenvalue weighted by molar-refractivity contribution is 5.94. The van der Waals surface area contributed by atoms with Crippen LogP contribution < -0.4 is 10.1 Å². The van der Waals surface area contributed by atoms with Crippen molar-refractivity contribution in [2.75, 3.05) is 59.4 Å². The minimum Gasteiger partial charge on any atom is -0.496 e. The fourth-order valence-electron chi connectivity index (χ4n) is 12.6. The quantitative estimate of drug-likeness (QED) is 0.213. The molecule has 1 aromatic heterocycles. The third kappa shape index (κ3) is 4.61. The van der Waals surface area contributed by atoms with Crippen molar-refractivity contribution in [1.82, 2.24) is 14.8 Å². The van der Waals surface area contributed by atoms with Gasteiger partial charge < -0.3 is 34.7 Å². The molecule has 2 saturated heterocycles. The Balaban J connectivity index is 1.34. The van der Waals surface area contributed by atoms with E-state index < -0.39 is 39.5 Å². The topological polar surface area (TPSA) is 137 Å². The van der Waals surface area contributed by atoms with Crippen molar-refractivity contribution in [3.05, 3.63) is 70.9 Å². The van der Waals surface area contributed by atoms with Gasteiger partial charge in [0.2, 0.25) is 0 Å². The van der Waals surface area contributed by atoms with E-state index in [9.17, 15) is 15.0 Å². The highest BCUT2D eigenvalue weighted by Crippen LogP contribution is 2.66. The average molecular weight is 739 g/mol. The fraction of sp³-hybridized carbons (Fsp3) is 0.581. The van der Waals surface area contributed by atoms with Crippen molar-refractivity contribution in [2.24, 2.45) is 11.3 Å². The second-order valence-corrected chi connectivity index (χ2v) is 17.2. The number of aromatic amines is 1. The zero-order chi connectivity index (χ0) is 37.8. The van der Waals surface area contributed by atoms with Gasteiger partial charge in [-0.05, 0) is 80.7 Å². The van der Waals surface area contributed by atoms with E-state index >= 15 is 4.79 Å². The van der Waals surface area contributed by atoms with Gasteiger partial charge in [0.15, 0.2) is 5.60 Å². The van der Waals surface area contributed by atoms with Crippen molar-refractivity contribution in [1.29, 1.82) is 0 Å². The standard InChI is InChI=1S/C43H54N4O7/c1-6-39-14-10-16-47-18-15-41(36(39)47)29-19-30(33(52-3)20-32(29)45-35(41)43(51,24-39)38(49)54-5)42(37(48)53-4)22-26-21-40(50,7-2)25-46(23-26)17-13-28-27-11-8-9-12-31(27)44-34(28)42/h8-12,14,19-20,26,35-36,44-45,50-51H,6-7,13,15-18,21-25H2,1-5H3/t26-,35+,36-,39-,40-,41-,42-,43+/m0/s1. The molecule has 1 saturated carbocycles. The maximum atomic E-state index is 15.2. The first-order valence-corrected chi connectivity index (χ1v) is 19.8. The van der Waals surface area contributed by atoms with Crippen LogP contribution in [0.3, 0.4) is 0 Å². The van der Waals surface area contributed by atoms with Gasteiger partial charge in [0.25, 0.3) is 0 Å². The Hall–Kier alpha value is -3.90. The molecule has 11 heteroatoms. The van der Waals surface area contributed by atoms with Crippen LogP contribution in [-0.2, 0) is 36.3 Å². The normalized spacial score (nSPS) is 37.8. The Labute approximate surface area is 317 Å². The third-order valence-electron chi connectivity index (χ3n) is 14.8. The SMILES string of the molecule is CC[C@]1(O)C[C@@H]2CN(CCc3c([nH]c4ccccc34)[C@@](C(=O)OC)(c3cc4c(cc3OC)N[C@@H]3[C@]45CCN4CC=C[C@@](CC)(C[C@]3(O)C(=O)OC)[C@H]45)C2)C1. The molecule has 2 bridgehead atoms. The number of aliphatic hydroxyl groups is 2. The zero-order valence-electron chi connectivity index (χ0n) is 32.2. The van der Waals surface area contributed by atoms with Crippen LogP contribution in [0.15, 0.2) is 48.6 Å². The molecule has 1 spiro atoms. The molecule has 3 aromatic rings. The maximum Gasteiger partial charge on any atom is 0.340 e. The highest BCUT2D eigenvalue weighted by Gasteiger charge is 2.74. The van der Waals surface area contributed by atoms with Gasteiger partial charge in [-0.15, -0.1) is 0 Å². The number of piperidine rings is 1. The predicted molar refractivity (Wildman–Crippen MR) is 205 cm³/mol. The van der Waals surface area contributed by atoms with E-state index in [1.165, 1.54) is 14.2 Å². The molecule has 6 aliphatic rings. The van der Waals surface area contributed by atoms with E-state index in [0.717, 1.165) is 66.0 Å². The summed E-state index contributed by atoms with van der Waals surface area (Å²) in [6.45, 7) is 7.86. The van der Waals surface area contributed by atoms with Gasteiger partial charge >= 0.3 is 11.9 Å². The van der Waals surface area contributed by atoms with Crippen LogP contribution in [0.4, 0.5) is 5.69 Å². The minimum absolute atomic E-state index is 0.00497. The van der Waals surface area contributed by atoms with Gasteiger partial charge in [-0.1, -0.05) is 44.2 Å². The fourth-order valence-corrected chi connectivity index (χ4v) is 12.6. The van der Waals surface area contributed by atoms with Crippen LogP contribution in [0.2, 0.25) is 0 Å². The Morgan fingerprint density at radius 1 is 0.981 bits per heavy atom. The van der Waals surface area contributed by atoms with Crippen molar-refractivity contribution in [3.8, 4) is 5.75 Å². The first-order chi connectivity index (χ1) is 26.0. The molecule has 4 N–H and O–H groups in total. The van der Waals surface area contributed by atoms with Crippen LogP contribution in [0.5, 0.6) is 5.75 Å². The van der Waals surface area contributed by atoms with Gasteiger partial charge in [-0.25, -0.2) is 4.79 Å². The van der Waals surface area contributed by atoms with Crippen LogP contribution in [0.1, 0.15) is 74.8 Å². The number of fused-ring (bicyclic) bond motifs is 6. The molecule has 0 radical (unpaired) electrons. The lowest BCUT2D eigenvalue weighted by atomic mass is 9.49. The molecule has 5 aliphatic heterocycles. The van der Waals surface area contributed by atoms with E-state index in [1.807, 2.05) is 25.1 Å². The molecule has 54 heavy (non-hydrogen) atoms. The number of rotatable bonds is 6. The summed E-state index contributed by atoms with van der Waals surface area (Å²) < 4.78 is 17.6. The second kappa shape index (κ2) is 12.3. The lowest BCUT2D eigenvalue weighted by molar-refractivity contribution is -0.179. The summed E-state index contributed by atoms with van der Waals surface area (Å²) >= 11 is 0. The number of H-pyrrole nitrogens is 1. The van der Waals surface area contributed by atoms with E-state index in [1.54, 1.807) is 7.11 Å². The van der Waals surface area contributed by atoms with Gasteiger partial charge in [0, 0.05) is 77.0 Å². The molecule has 0 amide bonds. The highest BCUT2D eigenvalue weighted by atomic mass is 16.5. The van der Waals surface area contributed by atoms with E-state index in [-0.39, 0.29) is 24.3 Å². The van der Waals surface area contributed by atoms with Gasteiger partial charge in [-0.2, -0.15) is 0 Å². The number of methoxy groups -OCH3 is 3. The van der Waals surface area contributed by atoms with Crippen LogP contribution in [0.25, 0.3) is 10.9 Å². The molecule has 6 heterocycles. The number of benzene rings is 2. The van der Waals surface area contributed by atoms with Gasteiger partial charge in [-0.3, -0.25) is 14.6 Å². The number of nitrogens with zero attached hydrogens (tertiary/aromatic N) is 2. The van der Waals surface area contributed by atoms with Crippen molar-refractivity contribution in [2.45, 2.75) is 92.9 Å². The minimum atomic E-state index is -1.82. The average Bonchev–Trinajstić information content (AvgIpc) is 3.87. The Morgan fingerprint density at radius 3 is 2.52 bits per heavy atom. The van der Waals surface area contributed by atoms with E-state index in [4.69, 9.17) is 14.2 Å². The molecule has 11 nitrogen and oxygen atoms in total. The molecule has 9 atom stereocenters. The lowest BCUT2D eigenvalue weighted by Gasteiger charge is -2.60. The summed E-state index contributed by atoms with van der Waals surface area (Å²) in [6.07, 6.45) is 8.35. The molecule has 2 aromatic carbocycles. The summed E-state index contributed by atoms with van der Waals surface area (Å²) in [5, 5.41) is 29.3. The summed E-state index contributed by atoms with van der Waals surface area (Å²) in [4.78, 5) is 37.6. The zero-order valence-corrected chi connectivity index (χ0v) is 32.2. The van der Waals surface area contributed by atoms with Gasteiger partial charge in [0.05, 0.1) is 33.0 Å². The smallest absolute Gasteiger partial charge is 0.340 e. The molecule has 1 unspecified atom stereocenters. The first kappa shape index (κ1) is 35.8. The number of para-hydroxylation sites is 1. The molecule has 9 rings (SSSR count). The number of hydrogen-bond donors (Lipinski definition) is 4. The molecular formula is C43H54N4O7. The number of ether oxygens (including phenoxy) is 3. The number of nitrogens with one attached hydrogen (secondary N) is 2. The van der Waals surface area contributed by atoms with Gasteiger partial charge in [0.1, 0.15) is 11.2 Å².